The lowest BCUT2D eigenvalue weighted by atomic mass is 10.5. The summed E-state index contributed by atoms with van der Waals surface area (Å²) < 4.78 is 0. The third-order valence-corrected chi connectivity index (χ3v) is 1.09. The molecular weight excluding hydrogens is 144 g/mol. The van der Waals surface area contributed by atoms with Crippen molar-refractivity contribution in [1.29, 1.82) is 0 Å². The maximum absolute atomic E-state index is 8.44. The smallest absolute Gasteiger partial charge is 0.0604 e. The second-order valence-corrected chi connectivity index (χ2v) is 2.16. The molecule has 4 nitrogen and oxygen atoms in total. The Morgan fingerprint density at radius 1 is 1.27 bits per heavy atom. The topological polar surface area (TPSA) is 64.5 Å². The van der Waals surface area contributed by atoms with Crippen LogP contribution in [-0.4, -0.2) is 36.5 Å². The lowest BCUT2D eigenvalue weighted by Gasteiger charge is -2.04. The summed E-state index contributed by atoms with van der Waals surface area (Å²) in [5.74, 6) is 0. The fourth-order valence-corrected chi connectivity index (χ4v) is 0.594. The van der Waals surface area contributed by atoms with Crippen LogP contribution in [0.2, 0.25) is 0 Å². The number of allylic oxidation sites excluding steroid dienone is 1. The fourth-order valence-electron chi connectivity index (χ4n) is 0.594. The van der Waals surface area contributed by atoms with Crippen molar-refractivity contribution in [2.75, 3.05) is 26.3 Å². The molecule has 0 aromatic carbocycles. The zero-order chi connectivity index (χ0) is 8.53. The van der Waals surface area contributed by atoms with Crippen molar-refractivity contribution in [2.24, 2.45) is 0 Å². The molecule has 0 atom stereocenters. The van der Waals surface area contributed by atoms with E-state index < -0.39 is 0 Å². The van der Waals surface area contributed by atoms with Crippen LogP contribution in [-0.2, 0) is 0 Å². The number of aliphatic hydroxyl groups is 2. The molecule has 0 aliphatic carbocycles. The first-order valence-corrected chi connectivity index (χ1v) is 3.67. The average molecular weight is 160 g/mol. The van der Waals surface area contributed by atoms with Gasteiger partial charge in [-0.1, -0.05) is 0 Å². The van der Waals surface area contributed by atoms with Crippen LogP contribution in [0, 0.1) is 0 Å². The van der Waals surface area contributed by atoms with E-state index >= 15 is 0 Å². The molecule has 0 aromatic rings. The molecule has 0 rings (SSSR count). The zero-order valence-electron chi connectivity index (χ0n) is 6.80. The van der Waals surface area contributed by atoms with Crippen LogP contribution in [0.3, 0.4) is 0 Å². The van der Waals surface area contributed by atoms with E-state index in [1.807, 2.05) is 6.92 Å². The highest BCUT2D eigenvalue weighted by molar-refractivity contribution is 4.93. The van der Waals surface area contributed by atoms with Gasteiger partial charge in [0, 0.05) is 25.0 Å². The Labute approximate surface area is 66.9 Å². The van der Waals surface area contributed by atoms with Crippen LogP contribution in [0.5, 0.6) is 0 Å². The zero-order valence-corrected chi connectivity index (χ0v) is 6.80. The van der Waals surface area contributed by atoms with Gasteiger partial charge in [-0.25, -0.2) is 0 Å². The van der Waals surface area contributed by atoms with Gasteiger partial charge in [-0.2, -0.15) is 0 Å². The Hall–Kier alpha value is -0.740. The van der Waals surface area contributed by atoms with E-state index in [0.29, 0.717) is 13.1 Å². The molecule has 4 heteroatoms. The SMILES string of the molecule is CC(=CNCCO)NCCO. The highest BCUT2D eigenvalue weighted by atomic mass is 16.3. The Morgan fingerprint density at radius 3 is 2.45 bits per heavy atom. The van der Waals surface area contributed by atoms with E-state index in [2.05, 4.69) is 10.6 Å². The Kier molecular flexibility index (Phi) is 6.87. The molecule has 0 heterocycles. The number of hydrogen-bond donors (Lipinski definition) is 4. The summed E-state index contributed by atoms with van der Waals surface area (Å²) in [4.78, 5) is 0. The molecule has 0 aromatic heterocycles. The minimum absolute atomic E-state index is 0.129. The standard InChI is InChI=1S/C7H16N2O2/c1-7(9-3-5-11)6-8-2-4-10/h6,8-11H,2-5H2,1H3. The van der Waals surface area contributed by atoms with Crippen molar-refractivity contribution in [2.45, 2.75) is 6.92 Å². The summed E-state index contributed by atoms with van der Waals surface area (Å²) in [5, 5.41) is 22.7. The molecule has 66 valence electrons. The number of hydrogen-bond acceptors (Lipinski definition) is 4. The van der Waals surface area contributed by atoms with Gasteiger partial charge in [-0.05, 0) is 6.92 Å². The molecule has 11 heavy (non-hydrogen) atoms. The van der Waals surface area contributed by atoms with E-state index in [9.17, 15) is 0 Å². The molecule has 0 fully saturated rings. The van der Waals surface area contributed by atoms with E-state index in [1.54, 1.807) is 6.20 Å². The second kappa shape index (κ2) is 7.37. The first kappa shape index (κ1) is 10.3. The predicted molar refractivity (Wildman–Crippen MR) is 43.9 cm³/mol. The summed E-state index contributed by atoms with van der Waals surface area (Å²) in [6, 6.07) is 0. The van der Waals surface area contributed by atoms with Crippen LogP contribution >= 0.6 is 0 Å². The highest BCUT2D eigenvalue weighted by Crippen LogP contribution is 1.80. The second-order valence-electron chi connectivity index (χ2n) is 2.16. The lowest BCUT2D eigenvalue weighted by molar-refractivity contribution is 0.295. The van der Waals surface area contributed by atoms with Gasteiger partial charge in [0.2, 0.25) is 0 Å². The van der Waals surface area contributed by atoms with Crippen molar-refractivity contribution in [3.8, 4) is 0 Å². The van der Waals surface area contributed by atoms with Crippen LogP contribution < -0.4 is 10.6 Å². The van der Waals surface area contributed by atoms with E-state index in [0.717, 1.165) is 5.70 Å². The lowest BCUT2D eigenvalue weighted by Crippen LogP contribution is -2.19. The molecule has 0 aliphatic rings. The number of aliphatic hydroxyl groups excluding tert-OH is 2. The summed E-state index contributed by atoms with van der Waals surface area (Å²) in [7, 11) is 0. The van der Waals surface area contributed by atoms with Crippen LogP contribution in [0.15, 0.2) is 11.9 Å². The van der Waals surface area contributed by atoms with Gasteiger partial charge in [0.1, 0.15) is 0 Å². The van der Waals surface area contributed by atoms with Gasteiger partial charge in [0.05, 0.1) is 13.2 Å². The quantitative estimate of drug-likeness (QED) is 0.377. The Balaban J connectivity index is 3.30. The largest absolute Gasteiger partial charge is 0.395 e. The molecular formula is C7H16N2O2. The van der Waals surface area contributed by atoms with Crippen molar-refractivity contribution < 1.29 is 10.2 Å². The first-order valence-electron chi connectivity index (χ1n) is 3.67. The summed E-state index contributed by atoms with van der Waals surface area (Å²) in [5.41, 5.74) is 0.951. The van der Waals surface area contributed by atoms with Crippen LogP contribution in [0.4, 0.5) is 0 Å². The van der Waals surface area contributed by atoms with Crippen molar-refractivity contribution in [1.82, 2.24) is 10.6 Å². The highest BCUT2D eigenvalue weighted by Gasteiger charge is 1.84. The van der Waals surface area contributed by atoms with Gasteiger partial charge in [-0.15, -0.1) is 0 Å². The third kappa shape index (κ3) is 7.15. The van der Waals surface area contributed by atoms with Crippen molar-refractivity contribution >= 4 is 0 Å². The molecule has 0 saturated carbocycles. The summed E-state index contributed by atoms with van der Waals surface area (Å²) >= 11 is 0. The van der Waals surface area contributed by atoms with Gasteiger partial charge in [0.15, 0.2) is 0 Å². The average Bonchev–Trinajstić information content (AvgIpc) is 2.01. The van der Waals surface area contributed by atoms with Crippen molar-refractivity contribution in [3.63, 3.8) is 0 Å². The maximum atomic E-state index is 8.44. The molecule has 0 aliphatic heterocycles. The predicted octanol–water partition coefficient (Wildman–Crippen LogP) is -0.988. The monoisotopic (exact) mass is 160 g/mol. The molecule has 4 N–H and O–H groups in total. The molecule has 0 saturated heterocycles. The van der Waals surface area contributed by atoms with Gasteiger partial charge >= 0.3 is 0 Å². The third-order valence-electron chi connectivity index (χ3n) is 1.09. The van der Waals surface area contributed by atoms with Crippen LogP contribution in [0.25, 0.3) is 0 Å². The Bertz CT molecular complexity index is 115. The number of rotatable bonds is 6. The molecule has 0 bridgehead atoms. The molecule has 0 unspecified atom stereocenters. The minimum Gasteiger partial charge on any atom is -0.395 e. The van der Waals surface area contributed by atoms with Gasteiger partial charge < -0.3 is 20.8 Å². The maximum Gasteiger partial charge on any atom is 0.0604 e. The molecule has 0 radical (unpaired) electrons. The van der Waals surface area contributed by atoms with Gasteiger partial charge in [-0.3, -0.25) is 0 Å². The molecule has 0 amide bonds. The minimum atomic E-state index is 0.129. The van der Waals surface area contributed by atoms with E-state index in [-0.39, 0.29) is 13.2 Å². The Morgan fingerprint density at radius 2 is 1.91 bits per heavy atom. The van der Waals surface area contributed by atoms with E-state index in [4.69, 9.17) is 10.2 Å². The summed E-state index contributed by atoms with van der Waals surface area (Å²) in [6.45, 7) is 3.26. The van der Waals surface area contributed by atoms with E-state index in [1.165, 1.54) is 0 Å². The number of nitrogens with one attached hydrogen (secondary N) is 2. The van der Waals surface area contributed by atoms with Crippen molar-refractivity contribution in [3.05, 3.63) is 11.9 Å². The van der Waals surface area contributed by atoms with Gasteiger partial charge in [0.25, 0.3) is 0 Å². The van der Waals surface area contributed by atoms with Crippen LogP contribution in [0.1, 0.15) is 6.92 Å². The summed E-state index contributed by atoms with van der Waals surface area (Å²) in [6.07, 6.45) is 1.77. The molecule has 0 spiro atoms. The normalized spacial score (nSPS) is 11.4. The fraction of sp³-hybridized carbons (Fsp3) is 0.714. The first-order chi connectivity index (χ1) is 5.31.